The Bertz CT molecular complexity index is 592. The first-order valence-electron chi connectivity index (χ1n) is 6.75. The van der Waals surface area contributed by atoms with E-state index in [0.29, 0.717) is 5.75 Å². The molecule has 1 aromatic rings. The number of hydrogen-bond acceptors (Lipinski definition) is 7. The number of carbonyl (C=O) groups excluding carboxylic acids is 3. The van der Waals surface area contributed by atoms with Gasteiger partial charge >= 0.3 is 17.9 Å². The fourth-order valence-corrected chi connectivity index (χ4v) is 1.44. The molecule has 0 amide bonds. The molecule has 1 unspecified atom stereocenters. The molecule has 0 aliphatic carbocycles. The molecule has 0 N–H and O–H groups in total. The molecule has 1 rings (SSSR count). The summed E-state index contributed by atoms with van der Waals surface area (Å²) in [6.07, 6.45) is 1.85. The summed E-state index contributed by atoms with van der Waals surface area (Å²) in [5.41, 5.74) is 0. The Balaban J connectivity index is 2.50. The summed E-state index contributed by atoms with van der Waals surface area (Å²) in [7, 11) is 2.65. The second-order valence-electron chi connectivity index (χ2n) is 4.46. The van der Waals surface area contributed by atoms with Gasteiger partial charge in [0.05, 0.1) is 20.1 Å². The first-order valence-corrected chi connectivity index (χ1v) is 6.75. The van der Waals surface area contributed by atoms with Crippen LogP contribution in [0.2, 0.25) is 0 Å². The number of rotatable bonds is 7. The molecule has 7 nitrogen and oxygen atoms in total. The van der Waals surface area contributed by atoms with Crippen LogP contribution < -0.4 is 9.47 Å². The van der Waals surface area contributed by atoms with Gasteiger partial charge in [0.25, 0.3) is 0 Å². The predicted octanol–water partition coefficient (Wildman–Crippen LogP) is 1.51. The maximum atomic E-state index is 11.9. The second kappa shape index (κ2) is 9.24. The van der Waals surface area contributed by atoms with Gasteiger partial charge in [0.1, 0.15) is 6.61 Å². The third-order valence-corrected chi connectivity index (χ3v) is 2.71. The number of para-hydroxylation sites is 2. The van der Waals surface area contributed by atoms with Crippen LogP contribution in [0.15, 0.2) is 36.4 Å². The van der Waals surface area contributed by atoms with Crippen molar-refractivity contribution >= 4 is 17.9 Å². The van der Waals surface area contributed by atoms with Gasteiger partial charge in [-0.1, -0.05) is 12.1 Å². The number of benzene rings is 1. The molecule has 0 fully saturated rings. The number of esters is 3. The first-order chi connectivity index (χ1) is 11.0. The summed E-state index contributed by atoms with van der Waals surface area (Å²) in [4.78, 5) is 34.1. The van der Waals surface area contributed by atoms with Crippen molar-refractivity contribution in [2.24, 2.45) is 5.92 Å². The van der Waals surface area contributed by atoms with E-state index in [2.05, 4.69) is 4.74 Å². The van der Waals surface area contributed by atoms with Crippen LogP contribution in [0.4, 0.5) is 0 Å². The van der Waals surface area contributed by atoms with Gasteiger partial charge in [0.2, 0.25) is 0 Å². The highest BCUT2D eigenvalue weighted by molar-refractivity contribution is 5.91. The highest BCUT2D eigenvalue weighted by Crippen LogP contribution is 2.26. The van der Waals surface area contributed by atoms with Gasteiger partial charge in [-0.3, -0.25) is 4.79 Å². The second-order valence-corrected chi connectivity index (χ2v) is 4.46. The van der Waals surface area contributed by atoms with E-state index in [9.17, 15) is 14.4 Å². The van der Waals surface area contributed by atoms with Crippen molar-refractivity contribution in [3.63, 3.8) is 0 Å². The van der Waals surface area contributed by atoms with E-state index in [0.717, 1.165) is 12.2 Å². The van der Waals surface area contributed by atoms with Crippen LogP contribution in [0, 0.1) is 5.92 Å². The quantitative estimate of drug-likeness (QED) is 0.427. The van der Waals surface area contributed by atoms with E-state index in [1.807, 2.05) is 0 Å². The van der Waals surface area contributed by atoms with E-state index >= 15 is 0 Å². The van der Waals surface area contributed by atoms with Gasteiger partial charge < -0.3 is 18.9 Å². The lowest BCUT2D eigenvalue weighted by molar-refractivity contribution is -0.146. The summed E-state index contributed by atoms with van der Waals surface area (Å²) in [6.45, 7) is 1.37. The molecular weight excluding hydrogens is 304 g/mol. The lowest BCUT2D eigenvalue weighted by Gasteiger charge is -2.13. The lowest BCUT2D eigenvalue weighted by Crippen LogP contribution is -2.23. The van der Waals surface area contributed by atoms with Gasteiger partial charge in [-0.05, 0) is 19.1 Å². The Kier molecular flexibility index (Phi) is 7.32. The van der Waals surface area contributed by atoms with Crippen molar-refractivity contribution in [1.29, 1.82) is 0 Å². The zero-order valence-corrected chi connectivity index (χ0v) is 13.1. The molecule has 7 heteroatoms. The molecule has 0 aliphatic rings. The molecule has 0 heterocycles. The Labute approximate surface area is 133 Å². The number of hydrogen-bond donors (Lipinski definition) is 0. The summed E-state index contributed by atoms with van der Waals surface area (Å²) >= 11 is 0. The van der Waals surface area contributed by atoms with Crippen molar-refractivity contribution in [2.45, 2.75) is 6.92 Å². The lowest BCUT2D eigenvalue weighted by atomic mass is 10.2. The average Bonchev–Trinajstić information content (AvgIpc) is 2.57. The highest BCUT2D eigenvalue weighted by Gasteiger charge is 2.18. The van der Waals surface area contributed by atoms with Crippen molar-refractivity contribution in [3.05, 3.63) is 36.4 Å². The standard InChI is InChI=1S/C16H18O7/c1-11(10-22-15(18)9-8-14(17)21-3)16(19)23-13-7-5-4-6-12(13)20-2/h4-9,11H,10H2,1-3H3/b9-8-. The zero-order chi connectivity index (χ0) is 17.2. The van der Waals surface area contributed by atoms with Gasteiger partial charge in [0, 0.05) is 12.2 Å². The van der Waals surface area contributed by atoms with Crippen LogP contribution in [0.25, 0.3) is 0 Å². The van der Waals surface area contributed by atoms with E-state index in [4.69, 9.17) is 14.2 Å². The molecule has 0 spiro atoms. The SMILES string of the molecule is COC(=O)/C=C\C(=O)OCC(C)C(=O)Oc1ccccc1OC. The van der Waals surface area contributed by atoms with Crippen LogP contribution in [0.1, 0.15) is 6.92 Å². The Hall–Kier alpha value is -2.83. The summed E-state index contributed by atoms with van der Waals surface area (Å²) in [5, 5.41) is 0. The third-order valence-electron chi connectivity index (χ3n) is 2.71. The largest absolute Gasteiger partial charge is 0.493 e. The van der Waals surface area contributed by atoms with Gasteiger partial charge in [-0.2, -0.15) is 0 Å². The summed E-state index contributed by atoms with van der Waals surface area (Å²) in [5.74, 6) is -1.98. The third kappa shape index (κ3) is 6.21. The van der Waals surface area contributed by atoms with Crippen LogP contribution in [0.5, 0.6) is 11.5 Å². The Morgan fingerprint density at radius 1 is 1.04 bits per heavy atom. The molecule has 124 valence electrons. The first kappa shape index (κ1) is 18.2. The van der Waals surface area contributed by atoms with Crippen LogP contribution >= 0.6 is 0 Å². The maximum Gasteiger partial charge on any atom is 0.331 e. The van der Waals surface area contributed by atoms with E-state index < -0.39 is 23.8 Å². The monoisotopic (exact) mass is 322 g/mol. The Morgan fingerprint density at radius 2 is 1.65 bits per heavy atom. The molecule has 0 bridgehead atoms. The van der Waals surface area contributed by atoms with E-state index in [1.165, 1.54) is 14.2 Å². The Morgan fingerprint density at radius 3 is 2.26 bits per heavy atom. The summed E-state index contributed by atoms with van der Waals surface area (Å²) in [6, 6.07) is 6.70. The smallest absolute Gasteiger partial charge is 0.331 e. The minimum Gasteiger partial charge on any atom is -0.493 e. The number of carbonyl (C=O) groups is 3. The molecule has 0 radical (unpaired) electrons. The normalized spacial score (nSPS) is 11.6. The average molecular weight is 322 g/mol. The fourth-order valence-electron chi connectivity index (χ4n) is 1.44. The molecule has 1 aromatic carbocycles. The van der Waals surface area contributed by atoms with Crippen LogP contribution in [-0.4, -0.2) is 38.7 Å². The van der Waals surface area contributed by atoms with Crippen molar-refractivity contribution in [3.8, 4) is 11.5 Å². The molecule has 0 saturated heterocycles. The highest BCUT2D eigenvalue weighted by atomic mass is 16.6. The van der Waals surface area contributed by atoms with E-state index in [1.54, 1.807) is 31.2 Å². The fraction of sp³-hybridized carbons (Fsp3) is 0.312. The molecule has 0 aromatic heterocycles. The van der Waals surface area contributed by atoms with Gasteiger partial charge in [-0.25, -0.2) is 9.59 Å². The minimum atomic E-state index is -0.757. The number of methoxy groups -OCH3 is 2. The van der Waals surface area contributed by atoms with Gasteiger partial charge in [-0.15, -0.1) is 0 Å². The molecular formula is C16H18O7. The van der Waals surface area contributed by atoms with Crippen LogP contribution in [-0.2, 0) is 23.9 Å². The summed E-state index contributed by atoms with van der Waals surface area (Å²) < 4.78 is 19.5. The van der Waals surface area contributed by atoms with Crippen molar-refractivity contribution < 1.29 is 33.3 Å². The molecule has 1 atom stereocenters. The number of ether oxygens (including phenoxy) is 4. The molecule has 0 saturated carbocycles. The van der Waals surface area contributed by atoms with Crippen molar-refractivity contribution in [1.82, 2.24) is 0 Å². The van der Waals surface area contributed by atoms with E-state index in [-0.39, 0.29) is 12.4 Å². The maximum absolute atomic E-state index is 11.9. The van der Waals surface area contributed by atoms with Crippen molar-refractivity contribution in [2.75, 3.05) is 20.8 Å². The van der Waals surface area contributed by atoms with Gasteiger partial charge in [0.15, 0.2) is 11.5 Å². The molecule has 0 aliphatic heterocycles. The van der Waals surface area contributed by atoms with Crippen LogP contribution in [0.3, 0.4) is 0 Å². The predicted molar refractivity (Wildman–Crippen MR) is 79.9 cm³/mol. The minimum absolute atomic E-state index is 0.182. The zero-order valence-electron chi connectivity index (χ0n) is 13.1. The molecule has 23 heavy (non-hydrogen) atoms. The topological polar surface area (TPSA) is 88.1 Å².